The van der Waals surface area contributed by atoms with Crippen molar-refractivity contribution < 1.29 is 19.1 Å². The minimum atomic E-state index is -0.831. The van der Waals surface area contributed by atoms with E-state index < -0.39 is 11.9 Å². The Morgan fingerprint density at radius 2 is 2.12 bits per heavy atom. The first-order chi connectivity index (χ1) is 8.17. The summed E-state index contributed by atoms with van der Waals surface area (Å²) in [5.74, 6) is -0.983. The summed E-state index contributed by atoms with van der Waals surface area (Å²) in [5.41, 5.74) is 1.37. The highest BCUT2D eigenvalue weighted by atomic mass is 16.5. The molecule has 5 heteroatoms. The van der Waals surface area contributed by atoms with Crippen LogP contribution in [0.1, 0.15) is 23.6 Å². The lowest BCUT2D eigenvalue weighted by Gasteiger charge is -2.21. The Morgan fingerprint density at radius 3 is 2.76 bits per heavy atom. The number of aryl methyl sites for hydroxylation is 1. The zero-order valence-electron chi connectivity index (χ0n) is 9.73. The lowest BCUT2D eigenvalue weighted by Crippen LogP contribution is -2.28. The molecule has 1 atom stereocenters. The van der Waals surface area contributed by atoms with Crippen molar-refractivity contribution in [1.82, 2.24) is 4.98 Å². The van der Waals surface area contributed by atoms with Crippen LogP contribution in [0.2, 0.25) is 0 Å². The predicted octanol–water partition coefficient (Wildman–Crippen LogP) is 0.862. The van der Waals surface area contributed by atoms with E-state index in [1.165, 1.54) is 14.2 Å². The van der Waals surface area contributed by atoms with Gasteiger partial charge in [-0.1, -0.05) is 6.07 Å². The fourth-order valence-corrected chi connectivity index (χ4v) is 2.00. The summed E-state index contributed by atoms with van der Waals surface area (Å²) in [6.07, 6.45) is 0.853. The van der Waals surface area contributed by atoms with E-state index in [-0.39, 0.29) is 5.78 Å². The molecule has 17 heavy (non-hydrogen) atoms. The SMILES string of the molecule is COC(=O)[C@@H]1C(=O)CCc2nc(OC)ccc21. The number of carbonyl (C=O) groups excluding carboxylic acids is 2. The van der Waals surface area contributed by atoms with Crippen LogP contribution in [-0.4, -0.2) is 31.0 Å². The molecule has 90 valence electrons. The van der Waals surface area contributed by atoms with Crippen LogP contribution in [0.15, 0.2) is 12.1 Å². The minimum absolute atomic E-state index is 0.115. The van der Waals surface area contributed by atoms with Gasteiger partial charge in [-0.05, 0) is 12.0 Å². The van der Waals surface area contributed by atoms with Gasteiger partial charge in [0.15, 0.2) is 5.78 Å². The van der Waals surface area contributed by atoms with Crippen LogP contribution in [0, 0.1) is 0 Å². The summed E-state index contributed by atoms with van der Waals surface area (Å²) in [7, 11) is 2.81. The van der Waals surface area contributed by atoms with Gasteiger partial charge in [0.25, 0.3) is 0 Å². The zero-order chi connectivity index (χ0) is 12.4. The van der Waals surface area contributed by atoms with Crippen molar-refractivity contribution in [3.8, 4) is 5.88 Å². The number of fused-ring (bicyclic) bond motifs is 1. The number of Topliss-reactive ketones (excluding diaryl/α,β-unsaturated/α-hetero) is 1. The van der Waals surface area contributed by atoms with Crippen LogP contribution >= 0.6 is 0 Å². The second-order valence-electron chi connectivity index (χ2n) is 3.81. The largest absolute Gasteiger partial charge is 0.481 e. The Bertz CT molecular complexity index is 470. The maximum absolute atomic E-state index is 11.8. The molecule has 1 aromatic heterocycles. The first-order valence-electron chi connectivity index (χ1n) is 5.31. The van der Waals surface area contributed by atoms with Crippen molar-refractivity contribution in [3.63, 3.8) is 0 Å². The van der Waals surface area contributed by atoms with Crippen LogP contribution in [0.25, 0.3) is 0 Å². The lowest BCUT2D eigenvalue weighted by molar-refractivity contribution is -0.146. The monoisotopic (exact) mass is 235 g/mol. The third-order valence-electron chi connectivity index (χ3n) is 2.87. The molecule has 1 heterocycles. The van der Waals surface area contributed by atoms with E-state index >= 15 is 0 Å². The molecule has 1 aliphatic rings. The molecule has 0 saturated heterocycles. The maximum atomic E-state index is 11.8. The number of esters is 1. The van der Waals surface area contributed by atoms with Gasteiger partial charge in [0, 0.05) is 18.2 Å². The van der Waals surface area contributed by atoms with Crippen molar-refractivity contribution in [2.45, 2.75) is 18.8 Å². The molecule has 0 saturated carbocycles. The molecule has 0 bridgehead atoms. The van der Waals surface area contributed by atoms with Gasteiger partial charge < -0.3 is 9.47 Å². The second kappa shape index (κ2) is 4.53. The summed E-state index contributed by atoms with van der Waals surface area (Å²) < 4.78 is 9.67. The average Bonchev–Trinajstić information content (AvgIpc) is 2.37. The average molecular weight is 235 g/mol. The van der Waals surface area contributed by atoms with Gasteiger partial charge in [-0.25, -0.2) is 4.98 Å². The van der Waals surface area contributed by atoms with Gasteiger partial charge in [0.05, 0.1) is 14.2 Å². The fraction of sp³-hybridized carbons (Fsp3) is 0.417. The molecule has 0 amide bonds. The normalized spacial score (nSPS) is 18.5. The number of pyridine rings is 1. The maximum Gasteiger partial charge on any atom is 0.320 e. The van der Waals surface area contributed by atoms with Crippen LogP contribution in [0.4, 0.5) is 0 Å². The number of rotatable bonds is 2. The molecule has 0 aliphatic heterocycles. The highest BCUT2D eigenvalue weighted by Gasteiger charge is 2.35. The second-order valence-corrected chi connectivity index (χ2v) is 3.81. The number of hydrogen-bond donors (Lipinski definition) is 0. The molecule has 2 rings (SSSR count). The zero-order valence-corrected chi connectivity index (χ0v) is 9.73. The van der Waals surface area contributed by atoms with Crippen LogP contribution in [0.5, 0.6) is 5.88 Å². The molecule has 0 aromatic carbocycles. The van der Waals surface area contributed by atoms with E-state index in [0.29, 0.717) is 24.3 Å². The van der Waals surface area contributed by atoms with Gasteiger partial charge in [-0.15, -0.1) is 0 Å². The Morgan fingerprint density at radius 1 is 1.35 bits per heavy atom. The molecule has 1 aliphatic carbocycles. The molecule has 0 unspecified atom stereocenters. The Hall–Kier alpha value is -1.91. The first kappa shape index (κ1) is 11.6. The van der Waals surface area contributed by atoms with Gasteiger partial charge in [0.1, 0.15) is 5.92 Å². The Kier molecular flexibility index (Phi) is 3.08. The van der Waals surface area contributed by atoms with Crippen molar-refractivity contribution in [3.05, 3.63) is 23.4 Å². The molecule has 1 aromatic rings. The van der Waals surface area contributed by atoms with Gasteiger partial charge in [-0.2, -0.15) is 0 Å². The summed E-state index contributed by atoms with van der Waals surface area (Å²) in [5, 5.41) is 0. The summed E-state index contributed by atoms with van der Waals surface area (Å²) in [6.45, 7) is 0. The topological polar surface area (TPSA) is 65.5 Å². The summed E-state index contributed by atoms with van der Waals surface area (Å²) in [4.78, 5) is 27.6. The van der Waals surface area contributed by atoms with E-state index in [1.807, 2.05) is 0 Å². The first-order valence-corrected chi connectivity index (χ1v) is 5.31. The van der Waals surface area contributed by atoms with Crippen molar-refractivity contribution in [2.75, 3.05) is 14.2 Å². The van der Waals surface area contributed by atoms with Crippen molar-refractivity contribution >= 4 is 11.8 Å². The van der Waals surface area contributed by atoms with Crippen molar-refractivity contribution in [2.24, 2.45) is 0 Å². The molecular weight excluding hydrogens is 222 g/mol. The minimum Gasteiger partial charge on any atom is -0.481 e. The molecule has 0 N–H and O–H groups in total. The van der Waals surface area contributed by atoms with Gasteiger partial charge >= 0.3 is 5.97 Å². The van der Waals surface area contributed by atoms with Crippen LogP contribution < -0.4 is 4.74 Å². The number of aromatic nitrogens is 1. The van der Waals surface area contributed by atoms with E-state index in [0.717, 1.165) is 5.69 Å². The van der Waals surface area contributed by atoms with E-state index in [1.54, 1.807) is 12.1 Å². The number of ether oxygens (including phenoxy) is 2. The summed E-state index contributed by atoms with van der Waals surface area (Å²) in [6, 6.07) is 3.35. The standard InChI is InChI=1S/C12H13NO4/c1-16-10-6-3-7-8(13-10)4-5-9(14)11(7)12(15)17-2/h3,6,11H,4-5H2,1-2H3/t11-/m0/s1. The number of ketones is 1. The smallest absolute Gasteiger partial charge is 0.320 e. The highest BCUT2D eigenvalue weighted by Crippen LogP contribution is 2.30. The number of methoxy groups -OCH3 is 2. The van der Waals surface area contributed by atoms with Gasteiger partial charge in [0.2, 0.25) is 5.88 Å². The van der Waals surface area contributed by atoms with Gasteiger partial charge in [-0.3, -0.25) is 9.59 Å². The van der Waals surface area contributed by atoms with Crippen LogP contribution in [-0.2, 0) is 20.7 Å². The number of hydrogen-bond acceptors (Lipinski definition) is 5. The number of nitrogens with zero attached hydrogens (tertiary/aromatic N) is 1. The predicted molar refractivity (Wildman–Crippen MR) is 58.9 cm³/mol. The molecule has 0 spiro atoms. The third kappa shape index (κ3) is 2.00. The van der Waals surface area contributed by atoms with Crippen molar-refractivity contribution in [1.29, 1.82) is 0 Å². The lowest BCUT2D eigenvalue weighted by atomic mass is 9.84. The Labute approximate surface area is 98.7 Å². The summed E-state index contributed by atoms with van der Waals surface area (Å²) >= 11 is 0. The molecule has 0 fully saturated rings. The molecule has 0 radical (unpaired) electrons. The number of carbonyl (C=O) groups is 2. The highest BCUT2D eigenvalue weighted by molar-refractivity contribution is 6.05. The fourth-order valence-electron chi connectivity index (χ4n) is 2.00. The van der Waals surface area contributed by atoms with E-state index in [4.69, 9.17) is 4.74 Å². The molecule has 5 nitrogen and oxygen atoms in total. The van der Waals surface area contributed by atoms with E-state index in [2.05, 4.69) is 9.72 Å². The quantitative estimate of drug-likeness (QED) is 0.562. The molecular formula is C12H13NO4. The third-order valence-corrected chi connectivity index (χ3v) is 2.87. The van der Waals surface area contributed by atoms with Crippen LogP contribution in [0.3, 0.4) is 0 Å². The van der Waals surface area contributed by atoms with E-state index in [9.17, 15) is 9.59 Å². The Balaban J connectivity index is 2.45.